The average Bonchev–Trinajstić information content (AvgIpc) is 3.54. The summed E-state index contributed by atoms with van der Waals surface area (Å²) in [6.45, 7) is 3.08. The number of hydrogen-bond acceptors (Lipinski definition) is 5. The summed E-state index contributed by atoms with van der Waals surface area (Å²) < 4.78 is 43.5. The molecule has 1 N–H and O–H groups in total. The van der Waals surface area contributed by atoms with E-state index in [1.807, 2.05) is 34.6 Å². The van der Waals surface area contributed by atoms with Gasteiger partial charge in [0.25, 0.3) is 10.0 Å². The third-order valence-corrected chi connectivity index (χ3v) is 8.78. The van der Waals surface area contributed by atoms with Crippen molar-refractivity contribution in [3.8, 4) is 0 Å². The van der Waals surface area contributed by atoms with Crippen LogP contribution in [0.2, 0.25) is 0 Å². The maximum atomic E-state index is 14.0. The van der Waals surface area contributed by atoms with Crippen molar-refractivity contribution >= 4 is 43.3 Å². The average molecular weight is 513 g/mol. The van der Waals surface area contributed by atoms with Gasteiger partial charge in [0.15, 0.2) is 5.13 Å². The molecule has 4 aromatic rings. The van der Waals surface area contributed by atoms with Crippen molar-refractivity contribution in [2.45, 2.75) is 36.6 Å². The number of nitrogens with zero attached hydrogens (tertiary/aromatic N) is 3. The summed E-state index contributed by atoms with van der Waals surface area (Å²) in [5, 5.41) is 2.55. The molecular weight excluding hydrogens is 487 g/mol. The highest BCUT2D eigenvalue weighted by molar-refractivity contribution is 7.93. The molecule has 1 atom stereocenters. The molecule has 1 aliphatic heterocycles. The van der Waals surface area contributed by atoms with Crippen molar-refractivity contribution in [2.75, 3.05) is 17.8 Å². The number of hydrogen-bond donors (Lipinski definition) is 1. The first-order valence-corrected chi connectivity index (χ1v) is 13.8. The fourth-order valence-corrected chi connectivity index (χ4v) is 6.46. The van der Waals surface area contributed by atoms with Crippen molar-refractivity contribution in [3.63, 3.8) is 0 Å². The Hall–Kier alpha value is -3.24. The third-order valence-electron chi connectivity index (χ3n) is 6.61. The van der Waals surface area contributed by atoms with Gasteiger partial charge in [-0.15, -0.1) is 11.3 Å². The van der Waals surface area contributed by atoms with Crippen LogP contribution in [0.15, 0.2) is 71.2 Å². The Morgan fingerprint density at radius 1 is 1.14 bits per heavy atom. The summed E-state index contributed by atoms with van der Waals surface area (Å²) in [5.74, 6) is -0.0287. The van der Waals surface area contributed by atoms with E-state index in [-0.39, 0.29) is 22.5 Å². The molecule has 1 amide bonds. The molecule has 0 bridgehead atoms. The van der Waals surface area contributed by atoms with Gasteiger partial charge in [-0.1, -0.05) is 18.2 Å². The van der Waals surface area contributed by atoms with E-state index in [0.29, 0.717) is 29.1 Å². The van der Waals surface area contributed by atoms with Gasteiger partial charge in [0.2, 0.25) is 5.91 Å². The second-order valence-electron chi connectivity index (χ2n) is 8.68. The predicted molar refractivity (Wildman–Crippen MR) is 135 cm³/mol. The van der Waals surface area contributed by atoms with Gasteiger partial charge < -0.3 is 9.47 Å². The number of benzene rings is 2. The summed E-state index contributed by atoms with van der Waals surface area (Å²) in [6, 6.07) is 13.1. The molecule has 3 heterocycles. The normalized spacial score (nSPS) is 15.9. The van der Waals surface area contributed by atoms with E-state index < -0.39 is 16.1 Å². The molecular formula is C25H25FN4O3S2. The van der Waals surface area contributed by atoms with Crippen molar-refractivity contribution in [1.29, 1.82) is 0 Å². The fraction of sp³-hybridized carbons (Fsp3) is 0.280. The Morgan fingerprint density at radius 2 is 1.89 bits per heavy atom. The van der Waals surface area contributed by atoms with Crippen molar-refractivity contribution in [3.05, 3.63) is 77.7 Å². The highest BCUT2D eigenvalue weighted by Crippen LogP contribution is 2.31. The molecule has 35 heavy (non-hydrogen) atoms. The van der Waals surface area contributed by atoms with Crippen LogP contribution in [0.5, 0.6) is 0 Å². The van der Waals surface area contributed by atoms with Gasteiger partial charge in [0.1, 0.15) is 11.9 Å². The van der Waals surface area contributed by atoms with Crippen LogP contribution in [0, 0.1) is 5.82 Å². The van der Waals surface area contributed by atoms with Crippen molar-refractivity contribution in [1.82, 2.24) is 14.5 Å². The van der Waals surface area contributed by atoms with Gasteiger partial charge in [0, 0.05) is 36.2 Å². The van der Waals surface area contributed by atoms with Crippen LogP contribution < -0.4 is 4.72 Å². The standard InChI is InChI=1S/C25H25FN4O3S2/c1-17(30-15-11-21-22(26)3-2-4-23(21)30)24(31)29-13-9-19(10-14-29)18-5-7-20(8-6-18)35(32,33)28-25-27-12-16-34-25/h2-8,11-12,15-17,19H,9-10,13-14H2,1H3,(H,27,28)/t17-/m0/s1. The zero-order valence-electron chi connectivity index (χ0n) is 19.1. The van der Waals surface area contributed by atoms with Gasteiger partial charge in [-0.3, -0.25) is 9.52 Å². The smallest absolute Gasteiger partial charge is 0.263 e. The number of fused-ring (bicyclic) bond motifs is 1. The molecule has 182 valence electrons. The van der Waals surface area contributed by atoms with Crippen LogP contribution in [-0.2, 0) is 14.8 Å². The molecule has 5 rings (SSSR count). The molecule has 2 aromatic heterocycles. The number of halogens is 1. The quantitative estimate of drug-likeness (QED) is 0.394. The molecule has 0 saturated carbocycles. The number of aromatic nitrogens is 2. The van der Waals surface area contributed by atoms with E-state index in [1.165, 1.54) is 17.4 Å². The maximum absolute atomic E-state index is 14.0. The number of likely N-dealkylation sites (tertiary alicyclic amines) is 1. The van der Waals surface area contributed by atoms with Gasteiger partial charge in [-0.25, -0.2) is 17.8 Å². The highest BCUT2D eigenvalue weighted by atomic mass is 32.2. The second kappa shape index (κ2) is 9.43. The Balaban J connectivity index is 1.22. The molecule has 1 saturated heterocycles. The largest absolute Gasteiger partial charge is 0.341 e. The van der Waals surface area contributed by atoms with Gasteiger partial charge in [-0.2, -0.15) is 0 Å². The minimum Gasteiger partial charge on any atom is -0.341 e. The molecule has 2 aromatic carbocycles. The molecule has 10 heteroatoms. The number of rotatable bonds is 6. The van der Waals surface area contributed by atoms with E-state index >= 15 is 0 Å². The lowest BCUT2D eigenvalue weighted by atomic mass is 9.89. The zero-order chi connectivity index (χ0) is 24.6. The van der Waals surface area contributed by atoms with Crippen LogP contribution in [0.1, 0.15) is 37.3 Å². The Morgan fingerprint density at radius 3 is 2.57 bits per heavy atom. The van der Waals surface area contributed by atoms with E-state index in [4.69, 9.17) is 0 Å². The van der Waals surface area contributed by atoms with Crippen molar-refractivity contribution < 1.29 is 17.6 Å². The van der Waals surface area contributed by atoms with Crippen LogP contribution in [0.25, 0.3) is 10.9 Å². The number of thiazole rings is 1. The monoisotopic (exact) mass is 512 g/mol. The third kappa shape index (κ3) is 4.68. The first kappa shape index (κ1) is 23.5. The Kier molecular flexibility index (Phi) is 6.33. The minimum absolute atomic E-state index is 0.0138. The van der Waals surface area contributed by atoms with Crippen molar-refractivity contribution in [2.24, 2.45) is 0 Å². The van der Waals surface area contributed by atoms with Crippen LogP contribution in [-0.4, -0.2) is 41.9 Å². The Bertz CT molecular complexity index is 1440. The number of anilines is 1. The molecule has 0 spiro atoms. The summed E-state index contributed by atoms with van der Waals surface area (Å²) in [6.07, 6.45) is 4.90. The second-order valence-corrected chi connectivity index (χ2v) is 11.3. The summed E-state index contributed by atoms with van der Waals surface area (Å²) >= 11 is 1.22. The number of carbonyl (C=O) groups is 1. The first-order chi connectivity index (χ1) is 16.8. The van der Waals surface area contributed by atoms with E-state index in [9.17, 15) is 17.6 Å². The maximum Gasteiger partial charge on any atom is 0.263 e. The molecule has 0 radical (unpaired) electrons. The van der Waals surface area contributed by atoms with Crippen LogP contribution in [0.3, 0.4) is 0 Å². The lowest BCUT2D eigenvalue weighted by Gasteiger charge is -2.34. The van der Waals surface area contributed by atoms with Gasteiger partial charge in [-0.05, 0) is 61.6 Å². The summed E-state index contributed by atoms with van der Waals surface area (Å²) in [4.78, 5) is 19.2. The van der Waals surface area contributed by atoms with Crippen LogP contribution in [0.4, 0.5) is 9.52 Å². The van der Waals surface area contributed by atoms with Gasteiger partial charge in [0.05, 0.1) is 10.4 Å². The molecule has 0 aliphatic carbocycles. The lowest BCUT2D eigenvalue weighted by molar-refractivity contribution is -0.135. The van der Waals surface area contributed by atoms with Gasteiger partial charge >= 0.3 is 0 Å². The number of sulfonamides is 1. The molecule has 1 fully saturated rings. The molecule has 0 unspecified atom stereocenters. The zero-order valence-corrected chi connectivity index (χ0v) is 20.7. The SMILES string of the molecule is C[C@@H](C(=O)N1CCC(c2ccc(S(=O)(=O)Nc3nccs3)cc2)CC1)n1ccc2c(F)cccc21. The first-order valence-electron chi connectivity index (χ1n) is 11.4. The van der Waals surface area contributed by atoms with Crippen LogP contribution >= 0.6 is 11.3 Å². The number of amides is 1. The highest BCUT2D eigenvalue weighted by Gasteiger charge is 2.28. The minimum atomic E-state index is -3.68. The predicted octanol–water partition coefficient (Wildman–Crippen LogP) is 5.00. The molecule has 7 nitrogen and oxygen atoms in total. The number of nitrogens with one attached hydrogen (secondary N) is 1. The Labute approximate surface area is 207 Å². The van der Waals surface area contributed by atoms with E-state index in [1.54, 1.807) is 42.0 Å². The topological polar surface area (TPSA) is 84.3 Å². The summed E-state index contributed by atoms with van der Waals surface area (Å²) in [5.41, 5.74) is 1.77. The number of piperidine rings is 1. The summed E-state index contributed by atoms with van der Waals surface area (Å²) in [7, 11) is -3.68. The number of carbonyl (C=O) groups excluding carboxylic acids is 1. The lowest BCUT2D eigenvalue weighted by Crippen LogP contribution is -2.41. The fourth-order valence-electron chi connectivity index (χ4n) is 4.67. The molecule has 1 aliphatic rings. The van der Waals surface area contributed by atoms with E-state index in [0.717, 1.165) is 18.4 Å². The van der Waals surface area contributed by atoms with E-state index in [2.05, 4.69) is 9.71 Å².